The molecule has 1 unspecified atom stereocenters. The predicted molar refractivity (Wildman–Crippen MR) is 61.4 cm³/mol. The first-order chi connectivity index (χ1) is 8.02. The number of carbonyl (C=O) groups is 1. The second-order valence-electron chi connectivity index (χ2n) is 3.05. The molecule has 1 atom stereocenters. The molecule has 1 heterocycles. The molecular weight excluding hydrogens is 271 g/mol. The Hall–Kier alpha value is -1.11. The number of rotatable bonds is 4. The molecule has 94 valence electrons. The largest absolute Gasteiger partial charge is 0.467 e. The lowest BCUT2D eigenvalue weighted by Gasteiger charge is -2.15. The van der Waals surface area contributed by atoms with E-state index in [0.717, 1.165) is 4.68 Å². The van der Waals surface area contributed by atoms with E-state index in [1.54, 1.807) is 0 Å². The zero-order valence-electron chi connectivity index (χ0n) is 9.15. The number of ether oxygens (including phenoxy) is 2. The van der Waals surface area contributed by atoms with Gasteiger partial charge in [-0.1, -0.05) is 23.2 Å². The van der Waals surface area contributed by atoms with Crippen LogP contribution in [0.25, 0.3) is 0 Å². The van der Waals surface area contributed by atoms with Gasteiger partial charge >= 0.3 is 5.97 Å². The molecule has 0 spiro atoms. The van der Waals surface area contributed by atoms with Gasteiger partial charge in [0, 0.05) is 7.11 Å². The van der Waals surface area contributed by atoms with E-state index in [4.69, 9.17) is 27.9 Å². The lowest BCUT2D eigenvalue weighted by atomic mass is 10.3. The molecule has 0 radical (unpaired) electrons. The van der Waals surface area contributed by atoms with Crippen LogP contribution in [0.1, 0.15) is 6.04 Å². The van der Waals surface area contributed by atoms with Crippen molar-refractivity contribution in [3.8, 4) is 0 Å². The summed E-state index contributed by atoms with van der Waals surface area (Å²) < 4.78 is 10.3. The van der Waals surface area contributed by atoms with E-state index in [2.05, 4.69) is 9.84 Å². The van der Waals surface area contributed by atoms with E-state index in [1.165, 1.54) is 20.4 Å². The first kappa shape index (κ1) is 14.0. The Kier molecular flexibility index (Phi) is 4.92. The van der Waals surface area contributed by atoms with Gasteiger partial charge in [-0.05, 0) is 0 Å². The fourth-order valence-electron chi connectivity index (χ4n) is 1.18. The second kappa shape index (κ2) is 6.00. The maximum absolute atomic E-state index is 11.7. The molecule has 0 amide bonds. The first-order valence-corrected chi connectivity index (χ1v) is 5.28. The molecule has 1 aromatic rings. The Morgan fingerprint density at radius 3 is 2.71 bits per heavy atom. The Labute approximate surface area is 107 Å². The van der Waals surface area contributed by atoms with Gasteiger partial charge in [0.15, 0.2) is 6.04 Å². The highest BCUT2D eigenvalue weighted by molar-refractivity contribution is 6.41. The molecule has 8 heteroatoms. The van der Waals surface area contributed by atoms with Crippen LogP contribution in [-0.4, -0.2) is 36.6 Å². The van der Waals surface area contributed by atoms with Crippen molar-refractivity contribution in [1.29, 1.82) is 0 Å². The van der Waals surface area contributed by atoms with Crippen LogP contribution in [0.3, 0.4) is 0 Å². The van der Waals surface area contributed by atoms with E-state index in [1.807, 2.05) is 0 Å². The van der Waals surface area contributed by atoms with Crippen LogP contribution in [0, 0.1) is 0 Å². The summed E-state index contributed by atoms with van der Waals surface area (Å²) in [6.45, 7) is -0.0580. The topological polar surface area (TPSA) is 70.4 Å². The SMILES string of the molecule is COCC(C(=O)OC)n1ncc(Cl)c(Cl)c1=O. The van der Waals surface area contributed by atoms with Crippen LogP contribution < -0.4 is 5.56 Å². The number of esters is 1. The highest BCUT2D eigenvalue weighted by Crippen LogP contribution is 2.16. The number of hydrogen-bond donors (Lipinski definition) is 0. The molecule has 0 aliphatic carbocycles. The number of methoxy groups -OCH3 is 2. The third-order valence-corrected chi connectivity index (χ3v) is 2.74. The second-order valence-corrected chi connectivity index (χ2v) is 3.84. The fourth-order valence-corrected chi connectivity index (χ4v) is 1.44. The molecule has 0 fully saturated rings. The highest BCUT2D eigenvalue weighted by atomic mass is 35.5. The predicted octanol–water partition coefficient (Wildman–Crippen LogP) is 0.911. The van der Waals surface area contributed by atoms with Gasteiger partial charge in [0.05, 0.1) is 24.9 Å². The highest BCUT2D eigenvalue weighted by Gasteiger charge is 2.24. The number of hydrogen-bond acceptors (Lipinski definition) is 5. The van der Waals surface area contributed by atoms with Gasteiger partial charge in [0.25, 0.3) is 5.56 Å². The normalized spacial score (nSPS) is 12.2. The summed E-state index contributed by atoms with van der Waals surface area (Å²) in [5.41, 5.74) is -0.674. The van der Waals surface area contributed by atoms with Crippen LogP contribution in [0.2, 0.25) is 10.0 Å². The lowest BCUT2D eigenvalue weighted by Crippen LogP contribution is -2.35. The van der Waals surface area contributed by atoms with Crippen molar-refractivity contribution in [2.45, 2.75) is 6.04 Å². The summed E-state index contributed by atoms with van der Waals surface area (Å²) in [7, 11) is 2.59. The van der Waals surface area contributed by atoms with Crippen molar-refractivity contribution >= 4 is 29.2 Å². The minimum Gasteiger partial charge on any atom is -0.467 e. The first-order valence-electron chi connectivity index (χ1n) is 4.52. The minimum absolute atomic E-state index is 0.0222. The monoisotopic (exact) mass is 280 g/mol. The van der Waals surface area contributed by atoms with Crippen LogP contribution in [0.4, 0.5) is 0 Å². The minimum atomic E-state index is -0.993. The van der Waals surface area contributed by atoms with Gasteiger partial charge in [-0.2, -0.15) is 5.10 Å². The smallest absolute Gasteiger partial charge is 0.333 e. The van der Waals surface area contributed by atoms with Gasteiger partial charge in [-0.25, -0.2) is 9.48 Å². The molecule has 0 saturated carbocycles. The molecule has 1 aromatic heterocycles. The van der Waals surface area contributed by atoms with E-state index >= 15 is 0 Å². The van der Waals surface area contributed by atoms with Crippen molar-refractivity contribution in [3.63, 3.8) is 0 Å². The van der Waals surface area contributed by atoms with E-state index < -0.39 is 17.6 Å². The number of aromatic nitrogens is 2. The Bertz CT molecular complexity index is 475. The Balaban J connectivity index is 3.24. The summed E-state index contributed by atoms with van der Waals surface area (Å²) >= 11 is 11.3. The van der Waals surface area contributed by atoms with Crippen molar-refractivity contribution in [3.05, 3.63) is 26.6 Å². The Morgan fingerprint density at radius 2 is 2.18 bits per heavy atom. The van der Waals surface area contributed by atoms with Gasteiger partial charge in [-0.15, -0.1) is 0 Å². The standard InChI is InChI=1S/C9H10Cl2N2O4/c1-16-4-6(9(15)17-2)13-8(14)7(11)5(10)3-12-13/h3,6H,4H2,1-2H3. The molecule has 1 rings (SSSR count). The molecule has 0 saturated heterocycles. The molecule has 0 N–H and O–H groups in total. The molecule has 0 aliphatic rings. The van der Waals surface area contributed by atoms with Crippen molar-refractivity contribution in [1.82, 2.24) is 9.78 Å². The van der Waals surface area contributed by atoms with Gasteiger partial charge < -0.3 is 9.47 Å². The van der Waals surface area contributed by atoms with Gasteiger partial charge in [0.2, 0.25) is 0 Å². The van der Waals surface area contributed by atoms with Crippen molar-refractivity contribution in [2.24, 2.45) is 0 Å². The number of halogens is 2. The van der Waals surface area contributed by atoms with Gasteiger partial charge in [0.1, 0.15) is 5.02 Å². The van der Waals surface area contributed by atoms with Crippen LogP contribution >= 0.6 is 23.2 Å². The third-order valence-electron chi connectivity index (χ3n) is 1.99. The maximum atomic E-state index is 11.7. The summed E-state index contributed by atoms with van der Waals surface area (Å²) in [5.74, 6) is -0.653. The van der Waals surface area contributed by atoms with E-state index in [-0.39, 0.29) is 16.7 Å². The number of nitrogens with zero attached hydrogens (tertiary/aromatic N) is 2. The van der Waals surface area contributed by atoms with Crippen LogP contribution in [0.15, 0.2) is 11.0 Å². The van der Waals surface area contributed by atoms with Crippen LogP contribution in [0.5, 0.6) is 0 Å². The third kappa shape index (κ3) is 2.96. The summed E-state index contributed by atoms with van der Waals surface area (Å²) in [5, 5.41) is 3.55. The summed E-state index contributed by atoms with van der Waals surface area (Å²) in [6, 6.07) is -0.993. The van der Waals surface area contributed by atoms with E-state index in [0.29, 0.717) is 0 Å². The lowest BCUT2D eigenvalue weighted by molar-refractivity contribution is -0.146. The summed E-state index contributed by atoms with van der Waals surface area (Å²) in [4.78, 5) is 23.2. The quantitative estimate of drug-likeness (QED) is 0.767. The molecular formula is C9H10Cl2N2O4. The molecule has 0 aliphatic heterocycles. The average Bonchev–Trinajstić information content (AvgIpc) is 2.33. The molecule has 6 nitrogen and oxygen atoms in total. The van der Waals surface area contributed by atoms with Crippen molar-refractivity contribution in [2.75, 3.05) is 20.8 Å². The average molecular weight is 281 g/mol. The fraction of sp³-hybridized carbons (Fsp3) is 0.444. The molecule has 0 bridgehead atoms. The van der Waals surface area contributed by atoms with E-state index in [9.17, 15) is 9.59 Å². The zero-order chi connectivity index (χ0) is 13.0. The zero-order valence-corrected chi connectivity index (χ0v) is 10.7. The Morgan fingerprint density at radius 1 is 1.53 bits per heavy atom. The van der Waals surface area contributed by atoms with Crippen LogP contribution in [-0.2, 0) is 14.3 Å². The summed E-state index contributed by atoms with van der Waals surface area (Å²) in [6.07, 6.45) is 1.18. The van der Waals surface area contributed by atoms with Crippen molar-refractivity contribution < 1.29 is 14.3 Å². The molecule has 0 aromatic carbocycles. The molecule has 17 heavy (non-hydrogen) atoms. The number of carbonyl (C=O) groups excluding carboxylic acids is 1. The van der Waals surface area contributed by atoms with Gasteiger partial charge in [-0.3, -0.25) is 4.79 Å². The maximum Gasteiger partial charge on any atom is 0.333 e.